The molecule has 1 aromatic carbocycles. The van der Waals surface area contributed by atoms with Crippen LogP contribution in [-0.2, 0) is 19.5 Å². The van der Waals surface area contributed by atoms with Crippen molar-refractivity contribution in [2.45, 2.75) is 25.9 Å². The lowest BCUT2D eigenvalue weighted by Crippen LogP contribution is -2.14. The largest absolute Gasteiger partial charge is 0.385 e. The molecule has 0 spiro atoms. The van der Waals surface area contributed by atoms with Gasteiger partial charge in [0.05, 0.1) is 4.34 Å². The summed E-state index contributed by atoms with van der Waals surface area (Å²) in [5, 5.41) is 6.91. The highest BCUT2D eigenvalue weighted by Gasteiger charge is 2.08. The van der Waals surface area contributed by atoms with E-state index in [1.165, 1.54) is 34.5 Å². The molecule has 1 aromatic heterocycles. The maximum atomic E-state index is 5.92. The summed E-state index contributed by atoms with van der Waals surface area (Å²) in [5.74, 6) is 0. The van der Waals surface area contributed by atoms with Crippen LogP contribution in [0.15, 0.2) is 30.3 Å². The normalized spacial score (nSPS) is 13.9. The zero-order valence-electron chi connectivity index (χ0n) is 10.7. The van der Waals surface area contributed by atoms with Gasteiger partial charge in [-0.25, -0.2) is 0 Å². The van der Waals surface area contributed by atoms with E-state index >= 15 is 0 Å². The van der Waals surface area contributed by atoms with Crippen molar-refractivity contribution in [1.29, 1.82) is 0 Å². The molecule has 2 heterocycles. The van der Waals surface area contributed by atoms with Gasteiger partial charge in [0.15, 0.2) is 0 Å². The molecule has 3 rings (SSSR count). The Labute approximate surface area is 122 Å². The van der Waals surface area contributed by atoms with Crippen LogP contribution >= 0.6 is 22.9 Å². The molecule has 0 saturated carbocycles. The van der Waals surface area contributed by atoms with E-state index < -0.39 is 0 Å². The summed E-state index contributed by atoms with van der Waals surface area (Å²) in [6.07, 6.45) is 2.42. The van der Waals surface area contributed by atoms with E-state index in [0.717, 1.165) is 24.0 Å². The second kappa shape index (κ2) is 5.95. The third-order valence-corrected chi connectivity index (χ3v) is 4.60. The molecule has 0 unspecified atom stereocenters. The van der Waals surface area contributed by atoms with Crippen molar-refractivity contribution in [3.63, 3.8) is 0 Å². The Bertz CT molecular complexity index is 565. The second-order valence-corrected chi connectivity index (χ2v) is 6.63. The highest BCUT2D eigenvalue weighted by atomic mass is 35.5. The van der Waals surface area contributed by atoms with Gasteiger partial charge in [-0.1, -0.05) is 23.7 Å². The molecule has 2 aromatic rings. The molecule has 0 aliphatic carbocycles. The number of aryl methyl sites for hydroxylation is 1. The van der Waals surface area contributed by atoms with Crippen LogP contribution in [0.1, 0.15) is 22.4 Å². The van der Waals surface area contributed by atoms with Gasteiger partial charge in [0.1, 0.15) is 0 Å². The molecule has 0 amide bonds. The van der Waals surface area contributed by atoms with Crippen LogP contribution in [0.5, 0.6) is 0 Å². The van der Waals surface area contributed by atoms with Gasteiger partial charge in [0, 0.05) is 30.2 Å². The van der Waals surface area contributed by atoms with Gasteiger partial charge in [-0.3, -0.25) is 0 Å². The fraction of sp³-hybridized carbons (Fsp3) is 0.333. The van der Waals surface area contributed by atoms with Crippen LogP contribution in [0.2, 0.25) is 4.34 Å². The Morgan fingerprint density at radius 2 is 2.16 bits per heavy atom. The van der Waals surface area contributed by atoms with Crippen molar-refractivity contribution in [2.75, 3.05) is 11.9 Å². The smallest absolute Gasteiger partial charge is 0.0931 e. The Balaban J connectivity index is 1.58. The van der Waals surface area contributed by atoms with Crippen LogP contribution in [0.25, 0.3) is 0 Å². The number of hydrogen-bond donors (Lipinski definition) is 2. The quantitative estimate of drug-likeness (QED) is 0.888. The minimum absolute atomic E-state index is 0.858. The number of rotatable bonds is 4. The molecule has 0 saturated heterocycles. The predicted molar refractivity (Wildman–Crippen MR) is 83.1 cm³/mol. The van der Waals surface area contributed by atoms with Gasteiger partial charge < -0.3 is 10.6 Å². The van der Waals surface area contributed by atoms with Crippen LogP contribution in [-0.4, -0.2) is 6.54 Å². The monoisotopic (exact) mass is 292 g/mol. The number of anilines is 1. The third kappa shape index (κ3) is 3.30. The van der Waals surface area contributed by atoms with E-state index in [-0.39, 0.29) is 0 Å². The number of benzene rings is 1. The Hall–Kier alpha value is -1.03. The van der Waals surface area contributed by atoms with Gasteiger partial charge in [-0.15, -0.1) is 11.3 Å². The van der Waals surface area contributed by atoms with Gasteiger partial charge in [0.2, 0.25) is 0 Å². The van der Waals surface area contributed by atoms with Crippen LogP contribution in [0.3, 0.4) is 0 Å². The number of halogens is 1. The highest BCUT2D eigenvalue weighted by molar-refractivity contribution is 7.16. The van der Waals surface area contributed by atoms with Crippen LogP contribution < -0.4 is 10.6 Å². The molecule has 1 aliphatic rings. The molecule has 100 valence electrons. The lowest BCUT2D eigenvalue weighted by atomic mass is 10.0. The van der Waals surface area contributed by atoms with Crippen LogP contribution in [0, 0.1) is 0 Å². The zero-order valence-corrected chi connectivity index (χ0v) is 12.3. The highest BCUT2D eigenvalue weighted by Crippen LogP contribution is 2.23. The summed E-state index contributed by atoms with van der Waals surface area (Å²) in [6.45, 7) is 2.89. The lowest BCUT2D eigenvalue weighted by Gasteiger charge is -2.18. The predicted octanol–water partition coefficient (Wildman–Crippen LogP) is 4.05. The number of nitrogens with one attached hydrogen (secondary N) is 2. The average Bonchev–Trinajstić information content (AvgIpc) is 2.84. The van der Waals surface area contributed by atoms with Gasteiger partial charge in [-0.2, -0.15) is 0 Å². The summed E-state index contributed by atoms with van der Waals surface area (Å²) >= 11 is 7.56. The number of thiophene rings is 1. The molecular weight excluding hydrogens is 276 g/mol. The lowest BCUT2D eigenvalue weighted by molar-refractivity contribution is 0.699. The van der Waals surface area contributed by atoms with Gasteiger partial charge >= 0.3 is 0 Å². The minimum atomic E-state index is 0.858. The molecule has 2 nitrogen and oxygen atoms in total. The summed E-state index contributed by atoms with van der Waals surface area (Å²) < 4.78 is 0.858. The Kier molecular flexibility index (Phi) is 4.06. The summed E-state index contributed by atoms with van der Waals surface area (Å²) in [6, 6.07) is 10.7. The summed E-state index contributed by atoms with van der Waals surface area (Å²) in [5.41, 5.74) is 4.11. The average molecular weight is 293 g/mol. The van der Waals surface area contributed by atoms with E-state index in [2.05, 4.69) is 34.9 Å². The first kappa shape index (κ1) is 13.0. The second-order valence-electron chi connectivity index (χ2n) is 4.83. The van der Waals surface area contributed by atoms with E-state index in [1.54, 1.807) is 11.3 Å². The fourth-order valence-corrected chi connectivity index (χ4v) is 3.47. The first-order valence-electron chi connectivity index (χ1n) is 6.62. The molecule has 1 aliphatic heterocycles. The summed E-state index contributed by atoms with van der Waals surface area (Å²) in [7, 11) is 0. The Morgan fingerprint density at radius 3 is 3.00 bits per heavy atom. The SMILES string of the molecule is Clc1ccc(CNCc2ccc3c(c2)CCCN3)s1. The molecule has 4 heteroatoms. The molecule has 19 heavy (non-hydrogen) atoms. The molecule has 0 fully saturated rings. The summed E-state index contributed by atoms with van der Waals surface area (Å²) in [4.78, 5) is 1.28. The standard InChI is InChI=1S/C15H17ClN2S/c16-15-6-4-13(19-15)10-17-9-11-3-5-14-12(8-11)2-1-7-18-14/h3-6,8,17-18H,1-2,7,9-10H2. The molecule has 0 atom stereocenters. The Morgan fingerprint density at radius 1 is 1.21 bits per heavy atom. The molecule has 0 bridgehead atoms. The van der Waals surface area contributed by atoms with Crippen molar-refractivity contribution in [2.24, 2.45) is 0 Å². The molecular formula is C15H17ClN2S. The van der Waals surface area contributed by atoms with Crippen molar-refractivity contribution >= 4 is 28.6 Å². The van der Waals surface area contributed by atoms with Gasteiger partial charge in [0.25, 0.3) is 0 Å². The van der Waals surface area contributed by atoms with E-state index in [4.69, 9.17) is 11.6 Å². The molecule has 0 radical (unpaired) electrons. The van der Waals surface area contributed by atoms with Crippen molar-refractivity contribution in [3.8, 4) is 0 Å². The van der Waals surface area contributed by atoms with Crippen molar-refractivity contribution in [3.05, 3.63) is 50.7 Å². The third-order valence-electron chi connectivity index (χ3n) is 3.37. The van der Waals surface area contributed by atoms with E-state index in [0.29, 0.717) is 0 Å². The van der Waals surface area contributed by atoms with Crippen molar-refractivity contribution < 1.29 is 0 Å². The van der Waals surface area contributed by atoms with E-state index in [1.807, 2.05) is 6.07 Å². The number of fused-ring (bicyclic) bond motifs is 1. The zero-order chi connectivity index (χ0) is 13.1. The minimum Gasteiger partial charge on any atom is -0.385 e. The first-order chi connectivity index (χ1) is 9.31. The van der Waals surface area contributed by atoms with E-state index in [9.17, 15) is 0 Å². The molecule has 2 N–H and O–H groups in total. The number of hydrogen-bond acceptors (Lipinski definition) is 3. The fourth-order valence-electron chi connectivity index (χ4n) is 2.42. The maximum Gasteiger partial charge on any atom is 0.0931 e. The maximum absolute atomic E-state index is 5.92. The first-order valence-corrected chi connectivity index (χ1v) is 7.81. The topological polar surface area (TPSA) is 24.1 Å². The van der Waals surface area contributed by atoms with Crippen LogP contribution in [0.4, 0.5) is 5.69 Å². The van der Waals surface area contributed by atoms with Crippen molar-refractivity contribution in [1.82, 2.24) is 5.32 Å². The van der Waals surface area contributed by atoms with Gasteiger partial charge in [-0.05, 0) is 42.2 Å².